The summed E-state index contributed by atoms with van der Waals surface area (Å²) in [5.74, 6) is -1.09. The SMILES string of the molecule is CC(C)(O)c1cnnn1[C@@H]1CN[C@H](C(=O)NC2(C(O)C(N)=O)CCCCC2)C1.Cl. The van der Waals surface area contributed by atoms with Gasteiger partial charge in [0.25, 0.3) is 0 Å². The van der Waals surface area contributed by atoms with Crippen LogP contribution >= 0.6 is 12.4 Å². The normalized spacial score (nSPS) is 25.1. The van der Waals surface area contributed by atoms with Crippen LogP contribution in [0.15, 0.2) is 6.20 Å². The second-order valence-corrected chi connectivity index (χ2v) is 8.48. The van der Waals surface area contributed by atoms with E-state index in [1.165, 1.54) is 6.20 Å². The summed E-state index contributed by atoms with van der Waals surface area (Å²) >= 11 is 0. The summed E-state index contributed by atoms with van der Waals surface area (Å²) in [6.07, 6.45) is 4.24. The minimum atomic E-state index is -1.41. The number of nitrogens with two attached hydrogens (primary N) is 1. The number of hydrogen-bond donors (Lipinski definition) is 5. The molecule has 1 aromatic rings. The third kappa shape index (κ3) is 4.88. The number of carbonyl (C=O) groups excluding carboxylic acids is 2. The average molecular weight is 431 g/mol. The number of nitrogens with zero attached hydrogens (tertiary/aromatic N) is 3. The van der Waals surface area contributed by atoms with Crippen molar-refractivity contribution < 1.29 is 19.8 Å². The molecule has 164 valence electrons. The number of amides is 2. The van der Waals surface area contributed by atoms with Gasteiger partial charge in [0.15, 0.2) is 6.10 Å². The molecule has 1 aromatic heterocycles. The quantitative estimate of drug-likeness (QED) is 0.407. The number of primary amides is 1. The lowest BCUT2D eigenvalue weighted by Crippen LogP contribution is -2.63. The molecule has 1 saturated heterocycles. The Hall–Kier alpha value is -1.75. The third-order valence-electron chi connectivity index (χ3n) is 5.88. The summed E-state index contributed by atoms with van der Waals surface area (Å²) in [6.45, 7) is 3.82. The molecule has 10 nitrogen and oxygen atoms in total. The summed E-state index contributed by atoms with van der Waals surface area (Å²) in [7, 11) is 0. The van der Waals surface area contributed by atoms with Gasteiger partial charge in [0.05, 0.1) is 29.5 Å². The van der Waals surface area contributed by atoms with E-state index in [1.54, 1.807) is 18.5 Å². The van der Waals surface area contributed by atoms with Crippen LogP contribution in [0.1, 0.15) is 64.1 Å². The molecule has 2 aliphatic rings. The fraction of sp³-hybridized carbons (Fsp3) is 0.778. The summed E-state index contributed by atoms with van der Waals surface area (Å²) in [4.78, 5) is 24.5. The zero-order valence-electron chi connectivity index (χ0n) is 16.8. The van der Waals surface area contributed by atoms with Crippen molar-refractivity contribution in [2.24, 2.45) is 5.73 Å². The summed E-state index contributed by atoms with van der Waals surface area (Å²) in [5, 5.41) is 34.7. The van der Waals surface area contributed by atoms with Gasteiger partial charge < -0.3 is 26.6 Å². The maximum atomic E-state index is 12.9. The average Bonchev–Trinajstić information content (AvgIpc) is 3.30. The number of halogens is 1. The van der Waals surface area contributed by atoms with Gasteiger partial charge in [-0.25, -0.2) is 4.68 Å². The maximum Gasteiger partial charge on any atom is 0.248 e. The van der Waals surface area contributed by atoms with Crippen LogP contribution < -0.4 is 16.4 Å². The fourth-order valence-corrected chi connectivity index (χ4v) is 4.31. The van der Waals surface area contributed by atoms with Gasteiger partial charge >= 0.3 is 0 Å². The van der Waals surface area contributed by atoms with E-state index in [2.05, 4.69) is 20.9 Å². The molecular weight excluding hydrogens is 400 g/mol. The number of aliphatic hydroxyl groups is 2. The van der Waals surface area contributed by atoms with Crippen LogP contribution in [-0.4, -0.2) is 61.3 Å². The highest BCUT2D eigenvalue weighted by atomic mass is 35.5. The van der Waals surface area contributed by atoms with E-state index < -0.39 is 29.2 Å². The first-order chi connectivity index (χ1) is 13.1. The van der Waals surface area contributed by atoms with Gasteiger partial charge in [-0.05, 0) is 33.1 Å². The Balaban J connectivity index is 0.00000300. The van der Waals surface area contributed by atoms with Crippen molar-refractivity contribution in [1.82, 2.24) is 25.6 Å². The Bertz CT molecular complexity index is 728. The molecule has 11 heteroatoms. The van der Waals surface area contributed by atoms with Gasteiger partial charge in [-0.1, -0.05) is 24.5 Å². The van der Waals surface area contributed by atoms with E-state index in [1.807, 2.05) is 0 Å². The van der Waals surface area contributed by atoms with Crippen LogP contribution in [0, 0.1) is 0 Å². The van der Waals surface area contributed by atoms with Gasteiger partial charge in [0, 0.05) is 6.54 Å². The van der Waals surface area contributed by atoms with E-state index in [0.717, 1.165) is 19.3 Å². The Morgan fingerprint density at radius 2 is 2.03 bits per heavy atom. The van der Waals surface area contributed by atoms with Crippen molar-refractivity contribution in [2.75, 3.05) is 6.54 Å². The summed E-state index contributed by atoms with van der Waals surface area (Å²) < 4.78 is 1.65. The molecule has 1 unspecified atom stereocenters. The van der Waals surface area contributed by atoms with Gasteiger partial charge in [-0.3, -0.25) is 9.59 Å². The van der Waals surface area contributed by atoms with Crippen molar-refractivity contribution in [3.63, 3.8) is 0 Å². The second kappa shape index (κ2) is 8.95. The predicted molar refractivity (Wildman–Crippen MR) is 107 cm³/mol. The Morgan fingerprint density at radius 1 is 1.38 bits per heavy atom. The molecule has 1 saturated carbocycles. The van der Waals surface area contributed by atoms with Crippen molar-refractivity contribution in [3.8, 4) is 0 Å². The molecule has 3 atom stereocenters. The van der Waals surface area contributed by atoms with Crippen LogP contribution in [0.4, 0.5) is 0 Å². The molecule has 2 fully saturated rings. The smallest absolute Gasteiger partial charge is 0.248 e. The van der Waals surface area contributed by atoms with E-state index >= 15 is 0 Å². The minimum absolute atomic E-state index is 0. The summed E-state index contributed by atoms with van der Waals surface area (Å²) in [6, 6.07) is -0.634. The van der Waals surface area contributed by atoms with Gasteiger partial charge in [-0.15, -0.1) is 17.5 Å². The molecule has 0 bridgehead atoms. The van der Waals surface area contributed by atoms with Crippen LogP contribution in [0.2, 0.25) is 0 Å². The molecular formula is C18H31ClN6O4. The molecule has 6 N–H and O–H groups in total. The highest BCUT2D eigenvalue weighted by molar-refractivity contribution is 5.86. The van der Waals surface area contributed by atoms with E-state index in [0.29, 0.717) is 31.5 Å². The zero-order chi connectivity index (χ0) is 20.5. The molecule has 0 radical (unpaired) electrons. The van der Waals surface area contributed by atoms with Crippen LogP contribution in [0.5, 0.6) is 0 Å². The minimum Gasteiger partial charge on any atom is -0.384 e. The lowest BCUT2D eigenvalue weighted by atomic mass is 9.77. The molecule has 29 heavy (non-hydrogen) atoms. The monoisotopic (exact) mass is 430 g/mol. The Labute approximate surface area is 176 Å². The molecule has 3 rings (SSSR count). The van der Waals surface area contributed by atoms with Crippen LogP contribution in [-0.2, 0) is 15.2 Å². The number of aromatic nitrogens is 3. The van der Waals surface area contributed by atoms with Crippen molar-refractivity contribution in [2.45, 2.75) is 81.7 Å². The standard InChI is InChI=1S/C18H30N6O4.ClH/c1-17(2,28)13-10-21-23-24(13)11-8-12(20-9-11)16(27)22-18(14(25)15(19)26)6-4-3-5-7-18;/h10-12,14,20,25,28H,3-9H2,1-2H3,(H2,19,26)(H,22,27);1H/t11-,12-,14?;/m0./s1. The van der Waals surface area contributed by atoms with Crippen LogP contribution in [0.3, 0.4) is 0 Å². The molecule has 2 amide bonds. The third-order valence-corrected chi connectivity index (χ3v) is 5.88. The number of carbonyl (C=O) groups is 2. The van der Waals surface area contributed by atoms with E-state index in [-0.39, 0.29) is 24.4 Å². The molecule has 2 heterocycles. The number of nitrogens with one attached hydrogen (secondary N) is 2. The fourth-order valence-electron chi connectivity index (χ4n) is 4.31. The lowest BCUT2D eigenvalue weighted by Gasteiger charge is -2.41. The van der Waals surface area contributed by atoms with Gasteiger partial charge in [0.2, 0.25) is 11.8 Å². The number of rotatable bonds is 6. The van der Waals surface area contributed by atoms with Crippen molar-refractivity contribution in [3.05, 3.63) is 11.9 Å². The number of hydrogen-bond acceptors (Lipinski definition) is 7. The molecule has 0 spiro atoms. The first kappa shape index (κ1) is 23.5. The van der Waals surface area contributed by atoms with Crippen molar-refractivity contribution in [1.29, 1.82) is 0 Å². The van der Waals surface area contributed by atoms with Gasteiger partial charge in [-0.2, -0.15) is 0 Å². The largest absolute Gasteiger partial charge is 0.384 e. The molecule has 1 aliphatic heterocycles. The van der Waals surface area contributed by atoms with Gasteiger partial charge in [0.1, 0.15) is 5.60 Å². The maximum absolute atomic E-state index is 12.9. The van der Waals surface area contributed by atoms with E-state index in [4.69, 9.17) is 5.73 Å². The van der Waals surface area contributed by atoms with E-state index in [9.17, 15) is 19.8 Å². The second-order valence-electron chi connectivity index (χ2n) is 8.48. The topological polar surface area (TPSA) is 155 Å². The lowest BCUT2D eigenvalue weighted by molar-refractivity contribution is -0.135. The molecule has 1 aliphatic carbocycles. The summed E-state index contributed by atoms with van der Waals surface area (Å²) in [5.41, 5.74) is 3.80. The van der Waals surface area contributed by atoms with Crippen molar-refractivity contribution >= 4 is 24.2 Å². The van der Waals surface area contributed by atoms with Crippen LogP contribution in [0.25, 0.3) is 0 Å². The highest BCUT2D eigenvalue weighted by Crippen LogP contribution is 2.32. The predicted octanol–water partition coefficient (Wildman–Crippen LogP) is -0.504. The first-order valence-electron chi connectivity index (χ1n) is 9.80. The Morgan fingerprint density at radius 3 is 2.62 bits per heavy atom. The molecule has 0 aromatic carbocycles. The highest BCUT2D eigenvalue weighted by Gasteiger charge is 2.45. The number of aliphatic hydroxyl groups excluding tert-OH is 1. The first-order valence-corrected chi connectivity index (χ1v) is 9.80. The Kier molecular flexibility index (Phi) is 7.26. The zero-order valence-corrected chi connectivity index (χ0v) is 17.6.